The van der Waals surface area contributed by atoms with E-state index in [9.17, 15) is 37.5 Å². The Bertz CT molecular complexity index is 6560. The van der Waals surface area contributed by atoms with Gasteiger partial charge in [-0.1, -0.05) is 139 Å². The number of amides is 4. The molecule has 0 unspecified atom stereocenters. The van der Waals surface area contributed by atoms with Gasteiger partial charge in [-0.05, 0) is 156 Å². The molecule has 8 aromatic carbocycles. The number of carbonyl (C=O) groups is 4. The highest BCUT2D eigenvalue weighted by Gasteiger charge is 2.42. The van der Waals surface area contributed by atoms with E-state index in [1.165, 1.54) is 77.6 Å². The molecule has 13 N–H and O–H groups in total. The predicted molar refractivity (Wildman–Crippen MR) is 494 cm³/mol. The Balaban J connectivity index is 0.000000129. The Kier molecular flexibility index (Phi) is 24.6. The first-order valence-electron chi connectivity index (χ1n) is 43.0. The first-order chi connectivity index (χ1) is 64.0. The number of aliphatic hydroxyl groups is 1. The topological polar surface area (TPSA) is 364 Å². The molecular formula is C100H89ClF4N20O5. The third kappa shape index (κ3) is 20.2. The Labute approximate surface area is 754 Å². The summed E-state index contributed by atoms with van der Waals surface area (Å²) in [6, 6.07) is 60.8. The van der Waals surface area contributed by atoms with Crippen molar-refractivity contribution < 1.29 is 46.0 Å². The summed E-state index contributed by atoms with van der Waals surface area (Å²) in [5, 5.41) is 38.1. The second-order valence-corrected chi connectivity index (χ2v) is 32.4. The number of nitrogens with two attached hydrogens (primary N) is 4. The van der Waals surface area contributed by atoms with E-state index >= 15 is 4.39 Å². The van der Waals surface area contributed by atoms with E-state index in [4.69, 9.17) is 38.6 Å². The van der Waals surface area contributed by atoms with Crippen molar-refractivity contribution >= 4 is 58.5 Å². The Hall–Kier alpha value is -15.8. The number of aliphatic hydroxyl groups excluding tert-OH is 1. The first kappa shape index (κ1) is 83.8. The van der Waals surface area contributed by atoms with Gasteiger partial charge in [0.1, 0.15) is 46.5 Å². The quantitative estimate of drug-likeness (QED) is 0.0302. The number of halogens is 5. The maximum Gasteiger partial charge on any atom is 0.254 e. The van der Waals surface area contributed by atoms with Gasteiger partial charge in [-0.25, -0.2) is 37.5 Å². The van der Waals surface area contributed by atoms with Crippen molar-refractivity contribution in [3.63, 3.8) is 0 Å². The van der Waals surface area contributed by atoms with Crippen LogP contribution < -0.4 is 44.2 Å². The molecule has 0 radical (unpaired) electrons. The predicted octanol–water partition coefficient (Wildman–Crippen LogP) is 16.8. The fraction of sp³-hybridized carbons (Fsp3) is 0.160. The monoisotopic (exact) mass is 1760 g/mol. The molecule has 3 aliphatic carbocycles. The van der Waals surface area contributed by atoms with E-state index in [0.29, 0.717) is 71.9 Å². The average Bonchev–Trinajstić information content (AvgIpc) is 1.77. The summed E-state index contributed by atoms with van der Waals surface area (Å²) in [4.78, 5) is 67.7. The van der Waals surface area contributed by atoms with Crippen LogP contribution in [0.2, 0.25) is 5.02 Å². The molecule has 0 spiro atoms. The number of hydrogen-bond donors (Lipinski definition) is 9. The molecular weight excluding hydrogens is 1670 g/mol. The summed E-state index contributed by atoms with van der Waals surface area (Å²) in [6.07, 6.45) is 21.2. The number of hydrogen-bond acceptors (Lipinski definition) is 17. The van der Waals surface area contributed by atoms with E-state index in [-0.39, 0.29) is 81.4 Å². The number of carbonyl (C=O) groups excluding carboxylic acids is 4. The van der Waals surface area contributed by atoms with Crippen LogP contribution in [0.25, 0.3) is 89.0 Å². The molecule has 654 valence electrons. The fourth-order valence-electron chi connectivity index (χ4n) is 15.5. The molecule has 30 heteroatoms. The minimum Gasteiger partial charge on any atom is -0.394 e. The zero-order chi connectivity index (χ0) is 93.6. The third-order valence-electron chi connectivity index (χ3n) is 23.0. The van der Waals surface area contributed by atoms with Crippen molar-refractivity contribution in [2.45, 2.75) is 68.1 Å². The number of nitrogens with zero attached hydrogens (tertiary/aromatic N) is 12. The van der Waals surface area contributed by atoms with Gasteiger partial charge in [0.25, 0.3) is 23.6 Å². The number of rotatable bonds is 21. The normalized spacial score (nSPS) is 16.2. The van der Waals surface area contributed by atoms with E-state index in [2.05, 4.69) is 61.6 Å². The summed E-state index contributed by atoms with van der Waals surface area (Å²) < 4.78 is 88.6. The lowest BCUT2D eigenvalue weighted by atomic mass is 9.99. The van der Waals surface area contributed by atoms with E-state index in [1.807, 2.05) is 149 Å². The molecule has 8 heterocycles. The maximum atomic E-state index is 15.1. The maximum absolute atomic E-state index is 15.1. The van der Waals surface area contributed by atoms with Crippen LogP contribution >= 0.6 is 11.6 Å². The molecule has 3 fully saturated rings. The minimum absolute atomic E-state index is 0.0161. The smallest absolute Gasteiger partial charge is 0.254 e. The third-order valence-corrected chi connectivity index (χ3v) is 23.2. The van der Waals surface area contributed by atoms with Gasteiger partial charge in [-0.15, -0.1) is 0 Å². The lowest BCUT2D eigenvalue weighted by Crippen LogP contribution is -2.31. The lowest BCUT2D eigenvalue weighted by Gasteiger charge is -2.17. The van der Waals surface area contributed by atoms with Gasteiger partial charge in [0.15, 0.2) is 0 Å². The van der Waals surface area contributed by atoms with Crippen LogP contribution in [-0.4, -0.2) is 113 Å². The SMILES string of the molecule is Cn1cc(-c2cnc(N)c(-c3ccc(C(=O)N[C@@H]4C[C@H]4c4ccccc4)c(F)c3)c2)cn1.Cn1cc(-c2cnc(N)c(-c3ccc(C(=O)N[C@@H]4C[C@H]4c4ccccc4)c(F)c3)c2)cn1.Cn1cc(-c2cnc(N)c(-c3ccc(C(=O)N[C@H]4C[C@@H]4c4ccccc4)c(F)c3)c2)cn1.[2H]C([2H])([2H])n1ncc(-c2cnc(N)c(-c3ccc(C(=O)N[C@H](CO)c4cccc(Cl)c4)c(F)c3)c2)c1C. The Morgan fingerprint density at radius 1 is 0.400 bits per heavy atom. The van der Waals surface area contributed by atoms with Gasteiger partial charge in [0.2, 0.25) is 0 Å². The molecule has 7 atom stereocenters. The summed E-state index contributed by atoms with van der Waals surface area (Å²) in [5.74, 6) is -2.68. The van der Waals surface area contributed by atoms with Crippen molar-refractivity contribution in [1.82, 2.24) is 80.3 Å². The number of benzene rings is 8. The number of aryl methyl sites for hydroxylation is 4. The van der Waals surface area contributed by atoms with Crippen molar-refractivity contribution in [3.8, 4) is 89.0 Å². The van der Waals surface area contributed by atoms with Gasteiger partial charge >= 0.3 is 0 Å². The molecule has 19 rings (SSSR count). The highest BCUT2D eigenvalue weighted by molar-refractivity contribution is 6.30. The molecule has 3 saturated carbocycles. The number of nitrogen functional groups attached to an aromatic ring is 4. The minimum atomic E-state index is -2.44. The molecule has 4 amide bonds. The number of aromatic nitrogens is 12. The van der Waals surface area contributed by atoms with Gasteiger partial charge in [-0.3, -0.25) is 37.9 Å². The van der Waals surface area contributed by atoms with Crippen LogP contribution in [0.3, 0.4) is 0 Å². The van der Waals surface area contributed by atoms with Crippen molar-refractivity contribution in [1.29, 1.82) is 0 Å². The van der Waals surface area contributed by atoms with Crippen LogP contribution in [-0.2, 0) is 28.1 Å². The number of anilines is 4. The molecule has 25 nitrogen and oxygen atoms in total. The fourth-order valence-corrected chi connectivity index (χ4v) is 15.7. The lowest BCUT2D eigenvalue weighted by molar-refractivity contribution is 0.0908. The van der Waals surface area contributed by atoms with Gasteiger partial charge in [0.05, 0.1) is 59.7 Å². The van der Waals surface area contributed by atoms with E-state index in [0.717, 1.165) is 63.4 Å². The first-order valence-corrected chi connectivity index (χ1v) is 41.8. The summed E-state index contributed by atoms with van der Waals surface area (Å²) in [7, 11) is 5.49. The molecule has 16 aromatic rings. The van der Waals surface area contributed by atoms with Crippen LogP contribution in [0.4, 0.5) is 40.8 Å². The molecule has 3 aliphatic rings. The van der Waals surface area contributed by atoms with E-state index in [1.54, 1.807) is 107 Å². The summed E-state index contributed by atoms with van der Waals surface area (Å²) in [6.45, 7) is -1.22. The van der Waals surface area contributed by atoms with Gasteiger partial charge in [0, 0.05) is 189 Å². The number of pyridine rings is 4. The highest BCUT2D eigenvalue weighted by Crippen LogP contribution is 2.45. The number of nitrogens with one attached hydrogen (secondary N) is 4. The zero-order valence-corrected chi connectivity index (χ0v) is 71.3. The van der Waals surface area contributed by atoms with Crippen molar-refractivity contribution in [2.75, 3.05) is 29.5 Å². The highest BCUT2D eigenvalue weighted by atomic mass is 35.5. The Morgan fingerprint density at radius 2 is 0.731 bits per heavy atom. The second-order valence-electron chi connectivity index (χ2n) is 31.9. The van der Waals surface area contributed by atoms with Crippen LogP contribution in [0.15, 0.2) is 280 Å². The van der Waals surface area contributed by atoms with Crippen LogP contribution in [0.1, 0.15) is 117 Å². The molecule has 130 heavy (non-hydrogen) atoms. The van der Waals surface area contributed by atoms with Crippen LogP contribution in [0, 0.1) is 30.2 Å². The van der Waals surface area contributed by atoms with Crippen molar-refractivity contribution in [2.24, 2.45) is 28.1 Å². The van der Waals surface area contributed by atoms with E-state index < -0.39 is 66.5 Å². The second kappa shape index (κ2) is 38.2. The van der Waals surface area contributed by atoms with Gasteiger partial charge in [-0.2, -0.15) is 20.4 Å². The largest absolute Gasteiger partial charge is 0.394 e. The van der Waals surface area contributed by atoms with Crippen molar-refractivity contribution in [3.05, 3.63) is 359 Å². The Morgan fingerprint density at radius 3 is 1.03 bits per heavy atom. The molecule has 0 bridgehead atoms. The zero-order valence-electron chi connectivity index (χ0n) is 73.6. The standard InChI is InChI=1S/C25H23ClFN5O2.3C25H22FN5O/c1-14-21(12-30-32(14)2)17-9-20(24(28)29-11-17)15-6-7-19(22(27)10-15)25(34)31-23(13-33)16-4-3-5-18(26)8-16;3*1-31-14-18(13-29-31)17-9-21(24(27)28-12-17)16-7-8-19(22(26)10-16)25(32)30-23-11-20(23)15-5-3-2-4-6-15/h3-12,23,33H,13H2,1-2H3,(H2,28,29)(H,31,34);3*2-10,12-14,20,23H,11H2,1H3,(H2,27,28)(H,30,32)/t23-;3*20-,23+/m1100/s1/i2D3;;;. The summed E-state index contributed by atoms with van der Waals surface area (Å²) in [5.41, 5.74) is 39.1. The average molecular weight is 1770 g/mol. The molecule has 0 saturated heterocycles. The van der Waals surface area contributed by atoms with Crippen LogP contribution in [0.5, 0.6) is 0 Å². The van der Waals surface area contributed by atoms with Gasteiger partial charge < -0.3 is 49.3 Å². The molecule has 0 aliphatic heterocycles. The summed E-state index contributed by atoms with van der Waals surface area (Å²) >= 11 is 5.99. The molecule has 8 aromatic heterocycles.